The molecule has 4 aromatic carbocycles. The van der Waals surface area contributed by atoms with Gasteiger partial charge >= 0.3 is 11.9 Å². The van der Waals surface area contributed by atoms with Crippen molar-refractivity contribution < 1.29 is 56.9 Å². The predicted octanol–water partition coefficient (Wildman–Crippen LogP) is 22.7. The van der Waals surface area contributed by atoms with Gasteiger partial charge in [0.25, 0.3) is 5.88 Å². The normalized spacial score (nSPS) is 13.1. The number of ether oxygens (including phenoxy) is 7. The van der Waals surface area contributed by atoms with Crippen molar-refractivity contribution in [3.63, 3.8) is 0 Å². The Balaban J connectivity index is 0.000000165. The van der Waals surface area contributed by atoms with Gasteiger partial charge in [0, 0.05) is 123 Å². The van der Waals surface area contributed by atoms with Gasteiger partial charge in [0.2, 0.25) is 0 Å². The molecule has 10 heterocycles. The minimum Gasteiger partial charge on any atom is -0.497 e. The number of carbonyl (C=O) groups is 2. The first-order valence-corrected chi connectivity index (χ1v) is 42.2. The van der Waals surface area contributed by atoms with Crippen LogP contribution in [0.25, 0.3) is 72.9 Å². The standard InChI is InChI=1S/C28H29N3O4.C28H31N3O3.C25H28N2O2.C24H26N2O3/c1-6-27(32)34-26-14-24(35-31-26)20-9-12-25(30-16-20)28(4,18(2)3)22-10-7-19(8-11-22)21-13-23(33-5)17-29-15-21;1-18(2)28(5,22-10-7-19(8-11-22)21-13-23(33-6)17-29-15-21)25-12-9-20(16-30-25)24-14-26(31-34-24)27(3,4)32;1-17(2)25(4,24-12-9-20(15-27-24)18(3)28-5)22-10-7-19(8-11-22)21-13-23(29-6)16-26-14-21;1-16(2)24(3,22-11-8-18(14-26-22)23(27)29-5)20-9-6-17(7-10-20)19-12-21(28-4)15-25-13-19/h7-18H,6H2,1-5H3;7-18,32H,1-6H3;7-17H,3H2,1-2,4-6H3;6-16H,1-5H3. The number of rotatable bonds is 28. The van der Waals surface area contributed by atoms with Crippen LogP contribution in [0, 0.1) is 23.7 Å². The molecule has 22 nitrogen and oxygen atoms in total. The number of methoxy groups -OCH3 is 6. The molecule has 0 aliphatic carbocycles. The molecular weight excluding hydrogens is 1590 g/mol. The van der Waals surface area contributed by atoms with E-state index in [-0.39, 0.29) is 51.8 Å². The van der Waals surface area contributed by atoms with Crippen LogP contribution >= 0.6 is 0 Å². The van der Waals surface area contributed by atoms with E-state index in [4.69, 9.17) is 57.2 Å². The molecule has 0 fully saturated rings. The molecule has 4 unspecified atom stereocenters. The molecule has 4 atom stereocenters. The summed E-state index contributed by atoms with van der Waals surface area (Å²) in [6.07, 6.45) is 21.4. The molecular formula is C105H114N10O12. The second kappa shape index (κ2) is 41.3. The van der Waals surface area contributed by atoms with Crippen molar-refractivity contribution in [2.75, 3.05) is 42.7 Å². The summed E-state index contributed by atoms with van der Waals surface area (Å²) in [5.74, 6) is 5.28. The van der Waals surface area contributed by atoms with E-state index in [2.05, 4.69) is 228 Å². The van der Waals surface area contributed by atoms with Gasteiger partial charge in [-0.1, -0.05) is 171 Å². The van der Waals surface area contributed by atoms with E-state index in [9.17, 15) is 14.7 Å². The molecule has 22 heteroatoms. The Morgan fingerprint density at radius 1 is 0.346 bits per heavy atom. The maximum Gasteiger partial charge on any atom is 0.339 e. The molecule has 127 heavy (non-hydrogen) atoms. The number of nitrogens with zero attached hydrogens (tertiary/aromatic N) is 10. The average Bonchev–Trinajstić information content (AvgIpc) is 1.32. The third-order valence-corrected chi connectivity index (χ3v) is 24.6. The van der Waals surface area contributed by atoms with Crippen molar-refractivity contribution in [2.24, 2.45) is 23.7 Å². The van der Waals surface area contributed by atoms with E-state index in [0.717, 1.165) is 113 Å². The number of carbonyl (C=O) groups excluding carboxylic acids is 2. The van der Waals surface area contributed by atoms with Crippen molar-refractivity contribution in [1.82, 2.24) is 50.2 Å². The molecule has 0 saturated carbocycles. The van der Waals surface area contributed by atoms with Crippen LogP contribution in [-0.4, -0.2) is 110 Å². The molecule has 0 aliphatic heterocycles. The first-order valence-electron chi connectivity index (χ1n) is 42.2. The summed E-state index contributed by atoms with van der Waals surface area (Å²) in [5.41, 5.74) is 18.2. The number of esters is 2. The fourth-order valence-corrected chi connectivity index (χ4v) is 14.8. The topological polar surface area (TPSA) is 274 Å². The van der Waals surface area contributed by atoms with Crippen molar-refractivity contribution in [3.8, 4) is 96.0 Å². The first kappa shape index (κ1) is 93.8. The van der Waals surface area contributed by atoms with Gasteiger partial charge in [0.1, 0.15) is 40.1 Å². The average molecular weight is 1710 g/mol. The lowest BCUT2D eigenvalue weighted by atomic mass is 9.70. The van der Waals surface area contributed by atoms with Crippen LogP contribution in [-0.2, 0) is 41.5 Å². The molecule has 14 aromatic rings. The zero-order valence-electron chi connectivity index (χ0n) is 76.4. The minimum absolute atomic E-state index is 0.147. The summed E-state index contributed by atoms with van der Waals surface area (Å²) < 4.78 is 47.1. The molecule has 0 saturated heterocycles. The largest absolute Gasteiger partial charge is 0.497 e. The predicted molar refractivity (Wildman–Crippen MR) is 497 cm³/mol. The molecule has 0 bridgehead atoms. The van der Waals surface area contributed by atoms with E-state index in [0.29, 0.717) is 46.3 Å². The third kappa shape index (κ3) is 21.4. The van der Waals surface area contributed by atoms with Crippen LogP contribution in [0.4, 0.5) is 0 Å². The number of pyridine rings is 8. The highest BCUT2D eigenvalue weighted by atomic mass is 16.6. The quantitative estimate of drug-likeness (QED) is 0.0352. The van der Waals surface area contributed by atoms with Gasteiger partial charge in [-0.05, 0) is 188 Å². The van der Waals surface area contributed by atoms with E-state index in [1.54, 1.807) is 118 Å². The highest BCUT2D eigenvalue weighted by Crippen LogP contribution is 2.45. The van der Waals surface area contributed by atoms with E-state index in [1.807, 2.05) is 91.6 Å². The van der Waals surface area contributed by atoms with Crippen molar-refractivity contribution in [1.29, 1.82) is 0 Å². The number of aromatic nitrogens is 10. The van der Waals surface area contributed by atoms with Crippen LogP contribution in [0.3, 0.4) is 0 Å². The zero-order valence-corrected chi connectivity index (χ0v) is 76.4. The van der Waals surface area contributed by atoms with Crippen molar-refractivity contribution in [3.05, 3.63) is 325 Å². The Kier molecular flexibility index (Phi) is 30.5. The Labute approximate surface area is 745 Å². The van der Waals surface area contributed by atoms with E-state index >= 15 is 0 Å². The van der Waals surface area contributed by atoms with Gasteiger partial charge in [0.15, 0.2) is 11.5 Å². The Hall–Kier alpha value is -13.9. The number of aliphatic hydroxyl groups is 1. The maximum absolute atomic E-state index is 11.7. The molecule has 0 radical (unpaired) electrons. The van der Waals surface area contributed by atoms with Gasteiger partial charge in [0.05, 0.1) is 102 Å². The summed E-state index contributed by atoms with van der Waals surface area (Å²) in [6.45, 7) is 35.5. The van der Waals surface area contributed by atoms with Crippen molar-refractivity contribution >= 4 is 17.7 Å². The fourth-order valence-electron chi connectivity index (χ4n) is 14.8. The SMILES string of the molecule is C=C(OC)c1ccc(C(C)(c2ccc(-c3cncc(OC)c3)cc2)C(C)C)nc1.CCC(=O)Oc1cc(-c2ccc(C(C)(c3ccc(-c4cncc(OC)c4)cc3)C(C)C)nc2)on1.COC(=O)c1ccc(C(C)(c2ccc(-c3cncc(OC)c3)cc2)C(C)C)nc1.COc1cncc(-c2ccc(C(C)(c3ccc(-c4cc(C(C)(C)O)no4)cn3)C(C)C)cc2)c1. The molecule has 10 aromatic heterocycles. The monoisotopic (exact) mass is 1710 g/mol. The zero-order chi connectivity index (χ0) is 91.5. The van der Waals surface area contributed by atoms with E-state index < -0.39 is 5.60 Å². The second-order valence-electron chi connectivity index (χ2n) is 33.5. The molecule has 0 aliphatic rings. The lowest BCUT2D eigenvalue weighted by Crippen LogP contribution is -2.31. The van der Waals surface area contributed by atoms with Gasteiger partial charge < -0.3 is 47.3 Å². The van der Waals surface area contributed by atoms with Crippen LogP contribution in [0.15, 0.2) is 272 Å². The first-order chi connectivity index (χ1) is 60.8. The number of hydrogen-bond donors (Lipinski definition) is 1. The number of benzene rings is 4. The summed E-state index contributed by atoms with van der Waals surface area (Å²) >= 11 is 0. The smallest absolute Gasteiger partial charge is 0.339 e. The number of hydrogen-bond acceptors (Lipinski definition) is 22. The molecule has 656 valence electrons. The summed E-state index contributed by atoms with van der Waals surface area (Å²) in [5, 5.41) is 18.0. The van der Waals surface area contributed by atoms with E-state index in [1.165, 1.54) is 23.8 Å². The minimum atomic E-state index is -1.06. The summed E-state index contributed by atoms with van der Waals surface area (Å²) in [6, 6.07) is 61.2. The lowest BCUT2D eigenvalue weighted by Gasteiger charge is -2.34. The summed E-state index contributed by atoms with van der Waals surface area (Å²) in [7, 11) is 9.56. The maximum atomic E-state index is 11.7. The summed E-state index contributed by atoms with van der Waals surface area (Å²) in [4.78, 5) is 59.2. The Bertz CT molecular complexity index is 5810. The van der Waals surface area contributed by atoms with Gasteiger partial charge in [-0.3, -0.25) is 44.7 Å². The van der Waals surface area contributed by atoms with Crippen LogP contribution in [0.1, 0.15) is 177 Å². The van der Waals surface area contributed by atoms with Gasteiger partial charge in [-0.25, -0.2) is 4.79 Å². The molecule has 14 rings (SSSR count). The van der Waals surface area contributed by atoms with Crippen molar-refractivity contribution in [2.45, 2.75) is 138 Å². The molecule has 0 spiro atoms. The van der Waals surface area contributed by atoms with Crippen LogP contribution in [0.2, 0.25) is 0 Å². The Morgan fingerprint density at radius 3 is 0.906 bits per heavy atom. The van der Waals surface area contributed by atoms with Gasteiger partial charge in [-0.15, -0.1) is 0 Å². The molecule has 0 amide bonds. The van der Waals surface area contributed by atoms with Crippen LogP contribution < -0.4 is 23.7 Å². The Morgan fingerprint density at radius 2 is 0.646 bits per heavy atom. The fraction of sp³-hybridized carbons (Fsp3) is 0.295. The highest BCUT2D eigenvalue weighted by molar-refractivity contribution is 5.89. The lowest BCUT2D eigenvalue weighted by molar-refractivity contribution is -0.134. The third-order valence-electron chi connectivity index (χ3n) is 24.6. The molecule has 1 N–H and O–H groups in total. The second-order valence-corrected chi connectivity index (χ2v) is 33.5. The van der Waals surface area contributed by atoms with Gasteiger partial charge in [-0.2, -0.15) is 0 Å². The van der Waals surface area contributed by atoms with Crippen LogP contribution in [0.5, 0.6) is 28.9 Å². The highest BCUT2D eigenvalue weighted by Gasteiger charge is 2.39.